The van der Waals surface area contributed by atoms with Crippen molar-refractivity contribution in [1.29, 1.82) is 0 Å². The number of fused-ring (bicyclic) bond motifs is 3. The molecule has 3 heterocycles. The van der Waals surface area contributed by atoms with Gasteiger partial charge in [-0.2, -0.15) is 0 Å². The molecule has 9 nitrogen and oxygen atoms in total. The fourth-order valence-electron chi connectivity index (χ4n) is 6.05. The third kappa shape index (κ3) is 4.35. The number of aromatic carboxylic acids is 1. The number of H-pyrrole nitrogens is 1. The van der Waals surface area contributed by atoms with Gasteiger partial charge in [-0.1, -0.05) is 24.3 Å². The Hall–Kier alpha value is -4.83. The molecular weight excluding hydrogens is 539 g/mol. The summed E-state index contributed by atoms with van der Waals surface area (Å²) in [6, 6.07) is 15.4. The molecule has 0 spiro atoms. The van der Waals surface area contributed by atoms with Crippen LogP contribution in [-0.2, 0) is 0 Å². The lowest BCUT2D eigenvalue weighted by Gasteiger charge is -2.36. The van der Waals surface area contributed by atoms with Crippen LogP contribution in [0.15, 0.2) is 70.4 Å². The second kappa shape index (κ2) is 9.92. The number of hydrogen-bond acceptors (Lipinski definition) is 6. The van der Waals surface area contributed by atoms with Gasteiger partial charge in [0.05, 0.1) is 28.7 Å². The van der Waals surface area contributed by atoms with Gasteiger partial charge in [-0.05, 0) is 43.2 Å². The first kappa shape index (κ1) is 26.1. The average molecular weight is 567 g/mol. The number of nitrogens with one attached hydrogen (secondary N) is 1. The van der Waals surface area contributed by atoms with Crippen molar-refractivity contribution in [2.75, 3.05) is 37.6 Å². The number of benzene rings is 3. The van der Waals surface area contributed by atoms with E-state index < -0.39 is 17.2 Å². The number of halogens is 1. The van der Waals surface area contributed by atoms with E-state index in [-0.39, 0.29) is 34.7 Å². The molecule has 0 radical (unpaired) electrons. The Morgan fingerprint density at radius 2 is 1.62 bits per heavy atom. The molecule has 3 aromatic carbocycles. The van der Waals surface area contributed by atoms with Crippen LogP contribution in [0, 0.1) is 5.82 Å². The van der Waals surface area contributed by atoms with E-state index in [1.54, 1.807) is 41.0 Å². The number of aromatic nitrogens is 2. The van der Waals surface area contributed by atoms with Crippen LogP contribution in [0.25, 0.3) is 32.7 Å². The van der Waals surface area contributed by atoms with E-state index in [1.165, 1.54) is 6.20 Å². The summed E-state index contributed by atoms with van der Waals surface area (Å²) in [5.41, 5.74) is 1.34. The van der Waals surface area contributed by atoms with Gasteiger partial charge in [0.25, 0.3) is 0 Å². The standard InChI is InChI=1S/C32H27FN4O5/c33-23-14-21-26(37(18-8-9-18)16-22(30(21)39)32(41)42)15-27(23)36-12-10-35(11-13-36)17-28(38)20-5-3-7-25-29(20)31(40)19-4-1-2-6-24(19)34-25/h1-7,14-16,18H,8-13,17H2,(H,34,40)(H,41,42). The van der Waals surface area contributed by atoms with Gasteiger partial charge in [0.1, 0.15) is 11.4 Å². The average Bonchev–Trinajstić information content (AvgIpc) is 3.83. The molecule has 1 saturated heterocycles. The maximum Gasteiger partial charge on any atom is 0.341 e. The Kier molecular flexibility index (Phi) is 6.16. The minimum Gasteiger partial charge on any atom is -0.477 e. The lowest BCUT2D eigenvalue weighted by atomic mass is 10.0. The van der Waals surface area contributed by atoms with E-state index in [9.17, 15) is 24.3 Å². The smallest absolute Gasteiger partial charge is 0.341 e. The first-order valence-electron chi connectivity index (χ1n) is 14.0. The Bertz CT molecular complexity index is 2050. The van der Waals surface area contributed by atoms with Crippen LogP contribution in [0.2, 0.25) is 0 Å². The minimum atomic E-state index is -1.33. The minimum absolute atomic E-state index is 0.0603. The van der Waals surface area contributed by atoms with Crippen molar-refractivity contribution >= 4 is 50.1 Å². The van der Waals surface area contributed by atoms with Gasteiger partial charge < -0.3 is 19.6 Å². The van der Waals surface area contributed by atoms with Gasteiger partial charge in [0.15, 0.2) is 11.2 Å². The van der Waals surface area contributed by atoms with Gasteiger partial charge in [-0.3, -0.25) is 19.3 Å². The van der Waals surface area contributed by atoms with E-state index in [1.807, 2.05) is 21.9 Å². The quantitative estimate of drug-likeness (QED) is 0.234. The molecule has 7 rings (SSSR count). The number of nitrogens with zero attached hydrogens (tertiary/aromatic N) is 3. The summed E-state index contributed by atoms with van der Waals surface area (Å²) >= 11 is 0. The van der Waals surface area contributed by atoms with E-state index >= 15 is 4.39 Å². The number of hydrogen-bond donors (Lipinski definition) is 2. The topological polar surface area (TPSA) is 116 Å². The van der Waals surface area contributed by atoms with Gasteiger partial charge in [-0.15, -0.1) is 0 Å². The van der Waals surface area contributed by atoms with E-state index in [2.05, 4.69) is 4.98 Å². The van der Waals surface area contributed by atoms with Gasteiger partial charge in [0, 0.05) is 60.3 Å². The highest BCUT2D eigenvalue weighted by molar-refractivity contribution is 6.10. The number of ketones is 1. The Balaban J connectivity index is 1.13. The highest BCUT2D eigenvalue weighted by Gasteiger charge is 2.29. The molecule has 2 fully saturated rings. The van der Waals surface area contributed by atoms with Crippen LogP contribution in [-0.4, -0.2) is 64.0 Å². The molecule has 1 saturated carbocycles. The van der Waals surface area contributed by atoms with Crippen molar-refractivity contribution in [3.05, 3.63) is 98.2 Å². The summed E-state index contributed by atoms with van der Waals surface area (Å²) < 4.78 is 17.1. The number of carboxylic acid groups (broad SMARTS) is 1. The van der Waals surface area contributed by atoms with E-state index in [0.717, 1.165) is 18.9 Å². The molecule has 2 aromatic heterocycles. The number of aromatic amines is 1. The monoisotopic (exact) mass is 566 g/mol. The number of carbonyl (C=O) groups excluding carboxylic acids is 1. The normalized spacial score (nSPS) is 16.0. The molecule has 0 amide bonds. The van der Waals surface area contributed by atoms with E-state index in [4.69, 9.17) is 0 Å². The number of Topliss-reactive ketones (excluding diaryl/α,β-unsaturated/α-hetero) is 1. The summed E-state index contributed by atoms with van der Waals surface area (Å²) in [6.45, 7) is 2.04. The molecular formula is C32H27FN4O5. The van der Waals surface area contributed by atoms with Crippen LogP contribution in [0.4, 0.5) is 10.1 Å². The predicted octanol–water partition coefficient (Wildman–Crippen LogP) is 4.17. The molecule has 1 aliphatic heterocycles. The lowest BCUT2D eigenvalue weighted by Crippen LogP contribution is -2.48. The first-order valence-corrected chi connectivity index (χ1v) is 14.0. The molecule has 212 valence electrons. The fourth-order valence-corrected chi connectivity index (χ4v) is 6.05. The van der Waals surface area contributed by atoms with Gasteiger partial charge >= 0.3 is 5.97 Å². The molecule has 0 atom stereocenters. The summed E-state index contributed by atoms with van der Waals surface area (Å²) in [5.74, 6) is -2.07. The molecule has 2 aliphatic rings. The summed E-state index contributed by atoms with van der Waals surface area (Å²) in [6.07, 6.45) is 3.11. The van der Waals surface area contributed by atoms with Crippen molar-refractivity contribution < 1.29 is 19.1 Å². The molecule has 42 heavy (non-hydrogen) atoms. The number of carbonyl (C=O) groups is 2. The zero-order valence-corrected chi connectivity index (χ0v) is 22.6. The van der Waals surface area contributed by atoms with Crippen molar-refractivity contribution in [2.24, 2.45) is 0 Å². The summed E-state index contributed by atoms with van der Waals surface area (Å²) in [7, 11) is 0. The van der Waals surface area contributed by atoms with E-state index in [0.29, 0.717) is 64.8 Å². The summed E-state index contributed by atoms with van der Waals surface area (Å²) in [4.78, 5) is 58.3. The third-order valence-electron chi connectivity index (χ3n) is 8.38. The largest absolute Gasteiger partial charge is 0.477 e. The first-order chi connectivity index (χ1) is 20.3. The summed E-state index contributed by atoms with van der Waals surface area (Å²) in [5, 5.41) is 10.5. The number of para-hydroxylation sites is 1. The lowest BCUT2D eigenvalue weighted by molar-refractivity contribution is 0.0694. The zero-order chi connectivity index (χ0) is 29.1. The Labute approximate surface area is 238 Å². The third-order valence-corrected chi connectivity index (χ3v) is 8.38. The number of anilines is 1. The predicted molar refractivity (Wildman–Crippen MR) is 158 cm³/mol. The highest BCUT2D eigenvalue weighted by atomic mass is 19.1. The van der Waals surface area contributed by atoms with Crippen LogP contribution < -0.4 is 15.8 Å². The van der Waals surface area contributed by atoms with Crippen molar-refractivity contribution in [3.8, 4) is 0 Å². The molecule has 0 unspecified atom stereocenters. The molecule has 5 aromatic rings. The van der Waals surface area contributed by atoms with Crippen LogP contribution in [0.3, 0.4) is 0 Å². The van der Waals surface area contributed by atoms with Gasteiger partial charge in [-0.25, -0.2) is 9.18 Å². The van der Waals surface area contributed by atoms with Crippen molar-refractivity contribution in [3.63, 3.8) is 0 Å². The van der Waals surface area contributed by atoms with Crippen molar-refractivity contribution in [1.82, 2.24) is 14.5 Å². The number of rotatable bonds is 6. The van der Waals surface area contributed by atoms with Crippen LogP contribution in [0.5, 0.6) is 0 Å². The molecule has 2 N–H and O–H groups in total. The molecule has 1 aliphatic carbocycles. The fraction of sp³-hybridized carbons (Fsp3) is 0.250. The zero-order valence-electron chi connectivity index (χ0n) is 22.6. The van der Waals surface area contributed by atoms with Crippen LogP contribution in [0.1, 0.15) is 39.6 Å². The second-order valence-corrected chi connectivity index (χ2v) is 11.1. The molecule has 10 heteroatoms. The van der Waals surface area contributed by atoms with Crippen molar-refractivity contribution in [2.45, 2.75) is 18.9 Å². The maximum absolute atomic E-state index is 15.4. The second-order valence-electron chi connectivity index (χ2n) is 11.1. The Morgan fingerprint density at radius 3 is 2.36 bits per heavy atom. The number of carboxylic acids is 1. The van der Waals surface area contributed by atoms with Crippen LogP contribution >= 0.6 is 0 Å². The number of pyridine rings is 2. The van der Waals surface area contributed by atoms with Gasteiger partial charge in [0.2, 0.25) is 5.43 Å². The SMILES string of the molecule is O=C(O)c1cn(C2CC2)c2cc(N3CCN(CC(=O)c4cccc5[nH]c6ccccc6c(=O)c45)CC3)c(F)cc2c1=O. The molecule has 0 bridgehead atoms. The highest BCUT2D eigenvalue weighted by Crippen LogP contribution is 2.38. The number of piperazine rings is 1. The Morgan fingerprint density at radius 1 is 0.881 bits per heavy atom. The maximum atomic E-state index is 15.4.